The number of halogens is 2. The third-order valence-corrected chi connectivity index (χ3v) is 6.77. The van der Waals surface area contributed by atoms with Crippen LogP contribution in [0.3, 0.4) is 0 Å². The van der Waals surface area contributed by atoms with E-state index in [4.69, 9.17) is 28.3 Å². The first-order valence-corrected chi connectivity index (χ1v) is 11.7. The van der Waals surface area contributed by atoms with E-state index in [0.717, 1.165) is 36.1 Å². The van der Waals surface area contributed by atoms with Crippen LogP contribution in [0, 0.1) is 6.92 Å². The molecule has 168 valence electrons. The number of rotatable bonds is 5. The van der Waals surface area contributed by atoms with E-state index in [-0.39, 0.29) is 11.9 Å². The molecule has 1 aromatic heterocycles. The fourth-order valence-corrected chi connectivity index (χ4v) is 4.98. The van der Waals surface area contributed by atoms with Crippen molar-refractivity contribution in [2.45, 2.75) is 44.7 Å². The number of nitrogens with one attached hydrogen (secondary N) is 1. The van der Waals surface area contributed by atoms with Crippen LogP contribution in [0.15, 0.2) is 48.5 Å². The van der Waals surface area contributed by atoms with Gasteiger partial charge >= 0.3 is 0 Å². The molecular weight excluding hydrogens is 443 g/mol. The van der Waals surface area contributed by atoms with E-state index >= 15 is 0 Å². The van der Waals surface area contributed by atoms with E-state index in [0.29, 0.717) is 27.5 Å². The highest BCUT2D eigenvalue weighted by Crippen LogP contribution is 2.33. The van der Waals surface area contributed by atoms with Crippen LogP contribution < -0.4 is 5.32 Å². The zero-order chi connectivity index (χ0) is 22.8. The van der Waals surface area contributed by atoms with Gasteiger partial charge in [0.1, 0.15) is 0 Å². The van der Waals surface area contributed by atoms with Gasteiger partial charge in [-0.15, -0.1) is 0 Å². The van der Waals surface area contributed by atoms with Gasteiger partial charge in [-0.2, -0.15) is 5.10 Å². The molecule has 1 N–H and O–H groups in total. The van der Waals surface area contributed by atoms with Crippen LogP contribution in [0.25, 0.3) is 16.9 Å². The maximum Gasteiger partial charge on any atom is 0.272 e. The largest absolute Gasteiger partial charge is 0.348 e. The minimum atomic E-state index is -0.145. The van der Waals surface area contributed by atoms with Gasteiger partial charge in [0.2, 0.25) is 0 Å². The van der Waals surface area contributed by atoms with Gasteiger partial charge < -0.3 is 10.2 Å². The van der Waals surface area contributed by atoms with Crippen LogP contribution in [0.5, 0.6) is 0 Å². The number of benzene rings is 2. The predicted octanol–water partition coefficient (Wildman–Crippen LogP) is 5.76. The van der Waals surface area contributed by atoms with Crippen molar-refractivity contribution in [1.82, 2.24) is 20.0 Å². The number of aromatic nitrogens is 2. The van der Waals surface area contributed by atoms with E-state index in [1.54, 1.807) is 16.8 Å². The van der Waals surface area contributed by atoms with Crippen molar-refractivity contribution < 1.29 is 4.79 Å². The van der Waals surface area contributed by atoms with Crippen LogP contribution >= 0.6 is 23.2 Å². The van der Waals surface area contributed by atoms with Crippen LogP contribution in [-0.2, 0) is 0 Å². The van der Waals surface area contributed by atoms with E-state index in [2.05, 4.69) is 24.3 Å². The number of nitrogens with zero attached hydrogens (tertiary/aromatic N) is 3. The highest BCUT2D eigenvalue weighted by molar-refractivity contribution is 6.35. The third-order valence-electron chi connectivity index (χ3n) is 6.23. The molecule has 0 radical (unpaired) electrons. The molecular formula is C25H28Cl2N4O. The Bertz CT molecular complexity index is 1110. The minimum Gasteiger partial charge on any atom is -0.348 e. The fourth-order valence-electron chi connectivity index (χ4n) is 4.49. The topological polar surface area (TPSA) is 50.2 Å². The van der Waals surface area contributed by atoms with E-state index < -0.39 is 0 Å². The lowest BCUT2D eigenvalue weighted by Gasteiger charge is -2.33. The molecule has 1 amide bonds. The molecule has 0 saturated heterocycles. The second kappa shape index (κ2) is 9.65. The van der Waals surface area contributed by atoms with Crippen molar-refractivity contribution in [3.63, 3.8) is 0 Å². The normalized spacial score (nSPS) is 18.7. The molecule has 2 atom stereocenters. The Labute approximate surface area is 199 Å². The highest BCUT2D eigenvalue weighted by atomic mass is 35.5. The highest BCUT2D eigenvalue weighted by Gasteiger charge is 2.28. The maximum absolute atomic E-state index is 13.3. The minimum absolute atomic E-state index is 0.145. The Kier molecular flexibility index (Phi) is 6.89. The molecule has 32 heavy (non-hydrogen) atoms. The molecule has 3 aromatic rings. The monoisotopic (exact) mass is 470 g/mol. The van der Waals surface area contributed by atoms with E-state index in [9.17, 15) is 4.79 Å². The van der Waals surface area contributed by atoms with Crippen LogP contribution in [0.2, 0.25) is 10.0 Å². The van der Waals surface area contributed by atoms with Gasteiger partial charge in [-0.05, 0) is 64.9 Å². The first kappa shape index (κ1) is 22.8. The lowest BCUT2D eigenvalue weighted by molar-refractivity contribution is 0.0905. The van der Waals surface area contributed by atoms with Gasteiger partial charge in [-0.1, -0.05) is 53.5 Å². The number of hydrogen-bond donors (Lipinski definition) is 1. The molecule has 4 rings (SSSR count). The summed E-state index contributed by atoms with van der Waals surface area (Å²) in [6.45, 7) is 1.94. The van der Waals surface area contributed by atoms with Gasteiger partial charge in [0, 0.05) is 28.2 Å². The Balaban J connectivity index is 1.72. The molecule has 1 heterocycles. The standard InChI is InChI=1S/C25H28Cl2N4O/c1-16-23(25(32)28-19-10-7-11-20(15-19)30(2)3)29-31(22-13-12-18(26)14-21(22)27)24(16)17-8-5-4-6-9-17/h4-6,8-9,12-14,19-20H,7,10-11,15H2,1-3H3,(H,28,32). The van der Waals surface area contributed by atoms with Gasteiger partial charge in [0.15, 0.2) is 5.69 Å². The average Bonchev–Trinajstić information content (AvgIpc) is 3.11. The fraction of sp³-hybridized carbons (Fsp3) is 0.360. The molecule has 0 bridgehead atoms. The maximum atomic E-state index is 13.3. The molecule has 0 spiro atoms. The van der Waals surface area contributed by atoms with Gasteiger partial charge in [0.05, 0.1) is 16.4 Å². The van der Waals surface area contributed by atoms with Gasteiger partial charge in [-0.25, -0.2) is 4.68 Å². The number of carbonyl (C=O) groups is 1. The first-order valence-electron chi connectivity index (χ1n) is 10.9. The molecule has 7 heteroatoms. The summed E-state index contributed by atoms with van der Waals surface area (Å²) in [5, 5.41) is 8.99. The number of amides is 1. The Morgan fingerprint density at radius 2 is 1.88 bits per heavy atom. The quantitative estimate of drug-likeness (QED) is 0.515. The molecule has 2 aromatic carbocycles. The SMILES string of the molecule is Cc1c(C(=O)NC2CCCC(N(C)C)C2)nn(-c2ccc(Cl)cc2Cl)c1-c1ccccc1. The molecule has 1 saturated carbocycles. The molecule has 0 aliphatic heterocycles. The smallest absolute Gasteiger partial charge is 0.272 e. The van der Waals surface area contributed by atoms with Gasteiger partial charge in [-0.3, -0.25) is 4.79 Å². The lowest BCUT2D eigenvalue weighted by atomic mass is 9.90. The summed E-state index contributed by atoms with van der Waals surface area (Å²) in [7, 11) is 4.20. The molecule has 5 nitrogen and oxygen atoms in total. The number of hydrogen-bond acceptors (Lipinski definition) is 3. The molecule has 1 aliphatic carbocycles. The Hall–Kier alpha value is -2.34. The van der Waals surface area contributed by atoms with E-state index in [1.165, 1.54) is 6.42 Å². The third kappa shape index (κ3) is 4.70. The molecule has 1 fully saturated rings. The summed E-state index contributed by atoms with van der Waals surface area (Å²) in [6.07, 6.45) is 4.22. The zero-order valence-electron chi connectivity index (χ0n) is 18.6. The van der Waals surface area contributed by atoms with Crippen molar-refractivity contribution in [3.05, 3.63) is 69.8 Å². The second-order valence-corrected chi connectivity index (χ2v) is 9.49. The summed E-state index contributed by atoms with van der Waals surface area (Å²) in [5.74, 6) is -0.145. The number of carbonyl (C=O) groups excluding carboxylic acids is 1. The summed E-state index contributed by atoms with van der Waals surface area (Å²) < 4.78 is 1.75. The predicted molar refractivity (Wildman–Crippen MR) is 131 cm³/mol. The molecule has 1 aliphatic rings. The van der Waals surface area contributed by atoms with Crippen molar-refractivity contribution in [2.75, 3.05) is 14.1 Å². The zero-order valence-corrected chi connectivity index (χ0v) is 20.1. The molecule has 2 unspecified atom stereocenters. The van der Waals surface area contributed by atoms with Crippen LogP contribution in [-0.4, -0.2) is 46.8 Å². The summed E-state index contributed by atoms with van der Waals surface area (Å²) in [4.78, 5) is 15.6. The average molecular weight is 471 g/mol. The van der Waals surface area contributed by atoms with Crippen molar-refractivity contribution in [3.8, 4) is 16.9 Å². The van der Waals surface area contributed by atoms with Gasteiger partial charge in [0.25, 0.3) is 5.91 Å². The second-order valence-electron chi connectivity index (χ2n) is 8.65. The summed E-state index contributed by atoms with van der Waals surface area (Å²) in [6, 6.07) is 15.8. The first-order chi connectivity index (χ1) is 15.3. The van der Waals surface area contributed by atoms with Crippen molar-refractivity contribution in [1.29, 1.82) is 0 Å². The summed E-state index contributed by atoms with van der Waals surface area (Å²) in [5.41, 5.74) is 3.73. The van der Waals surface area contributed by atoms with Crippen LogP contribution in [0.1, 0.15) is 41.7 Å². The summed E-state index contributed by atoms with van der Waals surface area (Å²) >= 11 is 12.6. The van der Waals surface area contributed by atoms with Crippen molar-refractivity contribution >= 4 is 29.1 Å². The lowest BCUT2D eigenvalue weighted by Crippen LogP contribution is -2.44. The Morgan fingerprint density at radius 3 is 2.56 bits per heavy atom. The van der Waals surface area contributed by atoms with E-state index in [1.807, 2.05) is 43.3 Å². The Morgan fingerprint density at radius 1 is 1.12 bits per heavy atom. The van der Waals surface area contributed by atoms with Crippen molar-refractivity contribution in [2.24, 2.45) is 0 Å². The van der Waals surface area contributed by atoms with Crippen LogP contribution in [0.4, 0.5) is 0 Å².